The quantitative estimate of drug-likeness (QED) is 0.731. The number of amides is 2. The lowest BCUT2D eigenvalue weighted by Crippen LogP contribution is -2.31. The summed E-state index contributed by atoms with van der Waals surface area (Å²) in [7, 11) is 0. The second-order valence-corrected chi connectivity index (χ2v) is 6.72. The van der Waals surface area contributed by atoms with E-state index in [1.54, 1.807) is 42.5 Å². The minimum atomic E-state index is -0.248. The molecule has 2 N–H and O–H groups in total. The minimum absolute atomic E-state index is 0.109. The fourth-order valence-electron chi connectivity index (χ4n) is 3.01. The number of carbonyl (C=O) groups excluding carboxylic acids is 2. The number of para-hydroxylation sites is 1. The molecule has 0 unspecified atom stereocenters. The molecular weight excluding hydrogens is 356 g/mol. The van der Waals surface area contributed by atoms with Gasteiger partial charge in [-0.15, -0.1) is 0 Å². The first-order chi connectivity index (χ1) is 13.7. The van der Waals surface area contributed by atoms with E-state index in [9.17, 15) is 9.59 Å². The Morgan fingerprint density at radius 1 is 1.11 bits per heavy atom. The molecule has 0 aromatic heterocycles. The molecule has 1 heterocycles. The van der Waals surface area contributed by atoms with Crippen molar-refractivity contribution in [2.45, 2.75) is 32.3 Å². The van der Waals surface area contributed by atoms with Crippen LogP contribution in [0.1, 0.15) is 46.9 Å². The highest BCUT2D eigenvalue weighted by Gasteiger charge is 2.17. The van der Waals surface area contributed by atoms with Gasteiger partial charge in [0.1, 0.15) is 5.75 Å². The molecule has 2 aromatic rings. The van der Waals surface area contributed by atoms with Crippen LogP contribution < -0.4 is 15.4 Å². The Hall–Kier alpha value is -2.86. The van der Waals surface area contributed by atoms with Crippen molar-refractivity contribution in [2.75, 3.05) is 25.1 Å². The van der Waals surface area contributed by atoms with E-state index < -0.39 is 0 Å². The Bertz CT molecular complexity index is 798. The van der Waals surface area contributed by atoms with Crippen LogP contribution in [0, 0.1) is 0 Å². The van der Waals surface area contributed by atoms with Crippen LogP contribution in [0.5, 0.6) is 5.75 Å². The average molecular weight is 382 g/mol. The van der Waals surface area contributed by atoms with E-state index in [2.05, 4.69) is 10.6 Å². The number of rotatable bonds is 8. The fraction of sp³-hybridized carbons (Fsp3) is 0.364. The zero-order valence-electron chi connectivity index (χ0n) is 16.1. The Labute approximate surface area is 165 Å². The van der Waals surface area contributed by atoms with Crippen molar-refractivity contribution < 1.29 is 19.1 Å². The number of hydrogen-bond donors (Lipinski definition) is 2. The van der Waals surface area contributed by atoms with Gasteiger partial charge in [0.05, 0.1) is 18.3 Å². The van der Waals surface area contributed by atoms with Gasteiger partial charge in [-0.25, -0.2) is 0 Å². The van der Waals surface area contributed by atoms with Gasteiger partial charge in [-0.05, 0) is 55.7 Å². The van der Waals surface area contributed by atoms with E-state index in [4.69, 9.17) is 9.47 Å². The zero-order chi connectivity index (χ0) is 19.8. The Balaban J connectivity index is 1.58. The molecule has 1 atom stereocenters. The molecule has 1 fully saturated rings. The van der Waals surface area contributed by atoms with Gasteiger partial charge < -0.3 is 20.1 Å². The van der Waals surface area contributed by atoms with Gasteiger partial charge >= 0.3 is 0 Å². The maximum Gasteiger partial charge on any atom is 0.259 e. The van der Waals surface area contributed by atoms with Gasteiger partial charge in [-0.1, -0.05) is 19.1 Å². The van der Waals surface area contributed by atoms with Crippen molar-refractivity contribution in [3.8, 4) is 5.75 Å². The van der Waals surface area contributed by atoms with Gasteiger partial charge in [0.2, 0.25) is 0 Å². The molecule has 0 aliphatic carbocycles. The van der Waals surface area contributed by atoms with Crippen molar-refractivity contribution in [3.05, 3.63) is 59.7 Å². The highest BCUT2D eigenvalue weighted by molar-refractivity contribution is 6.06. The van der Waals surface area contributed by atoms with Crippen LogP contribution >= 0.6 is 0 Å². The van der Waals surface area contributed by atoms with E-state index in [0.717, 1.165) is 25.9 Å². The molecule has 1 saturated heterocycles. The number of ether oxygens (including phenoxy) is 2. The van der Waals surface area contributed by atoms with Crippen LogP contribution in [0.15, 0.2) is 48.5 Å². The van der Waals surface area contributed by atoms with E-state index in [0.29, 0.717) is 35.7 Å². The second kappa shape index (κ2) is 9.90. The number of carbonyl (C=O) groups is 2. The van der Waals surface area contributed by atoms with E-state index >= 15 is 0 Å². The van der Waals surface area contributed by atoms with Gasteiger partial charge in [0, 0.05) is 24.4 Å². The summed E-state index contributed by atoms with van der Waals surface area (Å²) < 4.78 is 11.1. The van der Waals surface area contributed by atoms with Gasteiger partial charge in [0.25, 0.3) is 11.8 Å². The van der Waals surface area contributed by atoms with Crippen LogP contribution in [0.2, 0.25) is 0 Å². The summed E-state index contributed by atoms with van der Waals surface area (Å²) in [5.41, 5.74) is 1.64. The zero-order valence-corrected chi connectivity index (χ0v) is 16.1. The van der Waals surface area contributed by atoms with Crippen molar-refractivity contribution in [2.24, 2.45) is 0 Å². The van der Waals surface area contributed by atoms with Crippen LogP contribution in [0.4, 0.5) is 5.69 Å². The molecule has 2 amide bonds. The van der Waals surface area contributed by atoms with E-state index in [1.165, 1.54) is 0 Å². The molecule has 6 heteroatoms. The molecule has 1 aliphatic heterocycles. The predicted molar refractivity (Wildman–Crippen MR) is 108 cm³/mol. The average Bonchev–Trinajstić information content (AvgIpc) is 3.25. The Morgan fingerprint density at radius 2 is 1.89 bits per heavy atom. The summed E-state index contributed by atoms with van der Waals surface area (Å²) in [5.74, 6) is 0.168. The summed E-state index contributed by atoms with van der Waals surface area (Å²) in [6, 6.07) is 14.0. The molecule has 0 radical (unpaired) electrons. The third-order valence-electron chi connectivity index (χ3n) is 4.51. The molecular formula is C22H26N2O4. The minimum Gasteiger partial charge on any atom is -0.493 e. The van der Waals surface area contributed by atoms with Gasteiger partial charge in [-0.3, -0.25) is 9.59 Å². The van der Waals surface area contributed by atoms with Crippen LogP contribution in [-0.2, 0) is 4.74 Å². The number of anilines is 1. The Morgan fingerprint density at radius 3 is 2.61 bits per heavy atom. The van der Waals surface area contributed by atoms with Crippen molar-refractivity contribution in [3.63, 3.8) is 0 Å². The van der Waals surface area contributed by atoms with Crippen LogP contribution in [-0.4, -0.2) is 37.7 Å². The highest BCUT2D eigenvalue weighted by atomic mass is 16.5. The standard InChI is InChI=1S/C22H26N2O4/c1-2-13-28-20-8-4-3-7-19(20)22(26)24-17-11-9-16(10-12-17)21(25)23-15-18-6-5-14-27-18/h3-4,7-12,18H,2,5-6,13-15H2,1H3,(H,23,25)(H,24,26)/t18-/m0/s1. The van der Waals surface area contributed by atoms with Crippen LogP contribution in [0.3, 0.4) is 0 Å². The lowest BCUT2D eigenvalue weighted by molar-refractivity contribution is 0.0857. The maximum atomic E-state index is 12.6. The lowest BCUT2D eigenvalue weighted by Gasteiger charge is -2.12. The molecule has 148 valence electrons. The molecule has 28 heavy (non-hydrogen) atoms. The normalized spacial score (nSPS) is 15.8. The summed E-state index contributed by atoms with van der Waals surface area (Å²) in [6.45, 7) is 3.86. The predicted octanol–water partition coefficient (Wildman–Crippen LogP) is 3.64. The summed E-state index contributed by atoms with van der Waals surface area (Å²) >= 11 is 0. The van der Waals surface area contributed by atoms with Crippen molar-refractivity contribution >= 4 is 17.5 Å². The Kier molecular flexibility index (Phi) is 7.03. The smallest absolute Gasteiger partial charge is 0.259 e. The second-order valence-electron chi connectivity index (χ2n) is 6.72. The SMILES string of the molecule is CCCOc1ccccc1C(=O)Nc1ccc(C(=O)NC[C@@H]2CCCO2)cc1. The number of hydrogen-bond acceptors (Lipinski definition) is 4. The molecule has 6 nitrogen and oxygen atoms in total. The van der Waals surface area contributed by atoms with Crippen molar-refractivity contribution in [1.29, 1.82) is 0 Å². The van der Waals surface area contributed by atoms with Gasteiger partial charge in [-0.2, -0.15) is 0 Å². The third-order valence-corrected chi connectivity index (χ3v) is 4.51. The lowest BCUT2D eigenvalue weighted by atomic mass is 10.1. The molecule has 0 spiro atoms. The monoisotopic (exact) mass is 382 g/mol. The van der Waals surface area contributed by atoms with Gasteiger partial charge in [0.15, 0.2) is 0 Å². The first-order valence-corrected chi connectivity index (χ1v) is 9.70. The number of benzene rings is 2. The summed E-state index contributed by atoms with van der Waals surface area (Å²) in [6.07, 6.45) is 3.00. The topological polar surface area (TPSA) is 76.7 Å². The largest absolute Gasteiger partial charge is 0.493 e. The van der Waals surface area contributed by atoms with Crippen LogP contribution in [0.25, 0.3) is 0 Å². The first-order valence-electron chi connectivity index (χ1n) is 9.70. The van der Waals surface area contributed by atoms with E-state index in [1.807, 2.05) is 13.0 Å². The summed E-state index contributed by atoms with van der Waals surface area (Å²) in [4.78, 5) is 24.8. The summed E-state index contributed by atoms with van der Waals surface area (Å²) in [5, 5.41) is 5.73. The molecule has 2 aromatic carbocycles. The molecule has 3 rings (SSSR count). The third kappa shape index (κ3) is 5.33. The molecule has 0 saturated carbocycles. The first kappa shape index (κ1) is 19.9. The highest BCUT2D eigenvalue weighted by Crippen LogP contribution is 2.20. The maximum absolute atomic E-state index is 12.6. The molecule has 1 aliphatic rings. The molecule has 0 bridgehead atoms. The van der Waals surface area contributed by atoms with E-state index in [-0.39, 0.29) is 17.9 Å². The fourth-order valence-corrected chi connectivity index (χ4v) is 3.01. The number of nitrogens with one attached hydrogen (secondary N) is 2. The van der Waals surface area contributed by atoms with Crippen molar-refractivity contribution in [1.82, 2.24) is 5.32 Å².